The summed E-state index contributed by atoms with van der Waals surface area (Å²) in [5, 5.41) is 1.10. The molecular formula is C23H29N5. The molecule has 0 spiro atoms. The minimum Gasteiger partial charge on any atom is -0.322 e. The summed E-state index contributed by atoms with van der Waals surface area (Å²) in [5.41, 5.74) is 10.9. The first kappa shape index (κ1) is 19.0. The Hall–Kier alpha value is -2.34. The van der Waals surface area contributed by atoms with E-state index < -0.39 is 0 Å². The Labute approximate surface area is 167 Å². The Morgan fingerprint density at radius 2 is 1.71 bits per heavy atom. The van der Waals surface area contributed by atoms with E-state index in [-0.39, 0.29) is 6.04 Å². The van der Waals surface area contributed by atoms with Crippen molar-refractivity contribution in [2.24, 2.45) is 5.73 Å². The molecule has 146 valence electrons. The van der Waals surface area contributed by atoms with Crippen LogP contribution >= 0.6 is 0 Å². The molecule has 0 amide bonds. The van der Waals surface area contributed by atoms with Crippen molar-refractivity contribution >= 4 is 10.9 Å². The van der Waals surface area contributed by atoms with Crippen molar-refractivity contribution in [1.29, 1.82) is 0 Å². The number of piperazine rings is 1. The average molecular weight is 376 g/mol. The van der Waals surface area contributed by atoms with Crippen LogP contribution in [0.5, 0.6) is 0 Å². The van der Waals surface area contributed by atoms with Crippen molar-refractivity contribution in [2.75, 3.05) is 39.3 Å². The van der Waals surface area contributed by atoms with Crippen LogP contribution in [-0.2, 0) is 6.42 Å². The van der Waals surface area contributed by atoms with Gasteiger partial charge in [0.05, 0.1) is 17.3 Å². The molecule has 0 bridgehead atoms. The predicted octanol–water partition coefficient (Wildman–Crippen LogP) is 2.80. The first-order valence-corrected chi connectivity index (χ1v) is 10.2. The molecule has 5 nitrogen and oxygen atoms in total. The van der Waals surface area contributed by atoms with Crippen LogP contribution in [-0.4, -0.2) is 59.0 Å². The normalized spacial score (nSPS) is 17.1. The molecule has 1 fully saturated rings. The van der Waals surface area contributed by atoms with E-state index >= 15 is 0 Å². The Morgan fingerprint density at radius 1 is 0.964 bits per heavy atom. The number of aromatic nitrogens is 2. The topological polar surface area (TPSA) is 58.3 Å². The molecule has 0 saturated carbocycles. The van der Waals surface area contributed by atoms with Gasteiger partial charge in [-0.25, -0.2) is 0 Å². The van der Waals surface area contributed by atoms with Crippen molar-refractivity contribution < 1.29 is 0 Å². The predicted molar refractivity (Wildman–Crippen MR) is 114 cm³/mol. The monoisotopic (exact) mass is 375 g/mol. The van der Waals surface area contributed by atoms with Crippen molar-refractivity contribution in [3.05, 3.63) is 71.7 Å². The number of fused-ring (bicyclic) bond motifs is 1. The van der Waals surface area contributed by atoms with Gasteiger partial charge in [0, 0.05) is 56.5 Å². The molecule has 0 aliphatic carbocycles. The maximum atomic E-state index is 6.49. The lowest BCUT2D eigenvalue weighted by Crippen LogP contribution is -2.48. The maximum Gasteiger partial charge on any atom is 0.0739 e. The second-order valence-corrected chi connectivity index (χ2v) is 7.68. The number of benzene rings is 1. The summed E-state index contributed by atoms with van der Waals surface area (Å²) in [6.45, 7) is 8.35. The van der Waals surface area contributed by atoms with Gasteiger partial charge in [0.25, 0.3) is 0 Å². The summed E-state index contributed by atoms with van der Waals surface area (Å²) in [4.78, 5) is 14.1. The molecule has 2 N–H and O–H groups in total. The molecule has 1 aliphatic heterocycles. The van der Waals surface area contributed by atoms with Crippen LogP contribution in [0, 0.1) is 6.92 Å². The number of nitrogens with zero attached hydrogens (tertiary/aromatic N) is 4. The van der Waals surface area contributed by atoms with Crippen LogP contribution in [0.3, 0.4) is 0 Å². The number of rotatable bonds is 6. The third-order valence-electron chi connectivity index (χ3n) is 5.70. The summed E-state index contributed by atoms with van der Waals surface area (Å²) >= 11 is 0. The molecule has 28 heavy (non-hydrogen) atoms. The van der Waals surface area contributed by atoms with Crippen LogP contribution < -0.4 is 5.73 Å². The highest BCUT2D eigenvalue weighted by molar-refractivity contribution is 5.80. The van der Waals surface area contributed by atoms with Gasteiger partial charge in [-0.3, -0.25) is 14.9 Å². The second kappa shape index (κ2) is 8.78. The van der Waals surface area contributed by atoms with Crippen LogP contribution in [0.1, 0.15) is 23.0 Å². The fourth-order valence-electron chi connectivity index (χ4n) is 3.92. The fraction of sp³-hybridized carbons (Fsp3) is 0.391. The number of aryl methyl sites for hydroxylation is 1. The highest BCUT2D eigenvalue weighted by Gasteiger charge is 2.20. The van der Waals surface area contributed by atoms with E-state index in [1.807, 2.05) is 19.2 Å². The SMILES string of the molecule is Cc1nccc2nc(C(N)CN3CCN(CCc4ccccc4)CC3)ccc12. The van der Waals surface area contributed by atoms with Crippen molar-refractivity contribution in [1.82, 2.24) is 19.8 Å². The zero-order valence-electron chi connectivity index (χ0n) is 16.6. The summed E-state index contributed by atoms with van der Waals surface area (Å²) in [6.07, 6.45) is 2.93. The van der Waals surface area contributed by atoms with Gasteiger partial charge in [-0.15, -0.1) is 0 Å². The first-order chi connectivity index (χ1) is 13.7. The number of hydrogen-bond donors (Lipinski definition) is 1. The molecule has 3 heterocycles. The number of pyridine rings is 2. The largest absolute Gasteiger partial charge is 0.322 e. The third kappa shape index (κ3) is 4.55. The summed E-state index contributed by atoms with van der Waals surface area (Å²) in [7, 11) is 0. The molecule has 4 rings (SSSR count). The molecule has 0 radical (unpaired) electrons. The first-order valence-electron chi connectivity index (χ1n) is 10.2. The smallest absolute Gasteiger partial charge is 0.0739 e. The highest BCUT2D eigenvalue weighted by atomic mass is 15.3. The number of nitrogens with two attached hydrogens (primary N) is 1. The summed E-state index contributed by atoms with van der Waals surface area (Å²) in [5.74, 6) is 0. The minimum absolute atomic E-state index is 0.0614. The standard InChI is InChI=1S/C23H29N5/c1-18-20-7-8-23(26-22(20)9-11-25-18)21(24)17-28-15-13-27(14-16-28)12-10-19-5-3-2-4-6-19/h2-9,11,21H,10,12-17,24H2,1H3. The Bertz CT molecular complexity index is 903. The zero-order chi connectivity index (χ0) is 19.3. The highest BCUT2D eigenvalue weighted by Crippen LogP contribution is 2.18. The Kier molecular flexibility index (Phi) is 5.95. The van der Waals surface area contributed by atoms with Crippen molar-refractivity contribution in [3.63, 3.8) is 0 Å². The van der Waals surface area contributed by atoms with E-state index in [1.54, 1.807) is 0 Å². The molecule has 1 aliphatic rings. The lowest BCUT2D eigenvalue weighted by Gasteiger charge is -2.35. The van der Waals surface area contributed by atoms with Crippen LogP contribution in [0.15, 0.2) is 54.7 Å². The fourth-order valence-corrected chi connectivity index (χ4v) is 3.92. The van der Waals surface area contributed by atoms with E-state index in [4.69, 9.17) is 10.7 Å². The van der Waals surface area contributed by atoms with E-state index in [1.165, 1.54) is 5.56 Å². The molecular weight excluding hydrogens is 346 g/mol. The Balaban J connectivity index is 1.28. The summed E-state index contributed by atoms with van der Waals surface area (Å²) in [6, 6.07) is 16.8. The van der Waals surface area contributed by atoms with Gasteiger partial charge in [-0.05, 0) is 37.1 Å². The van der Waals surface area contributed by atoms with Crippen molar-refractivity contribution in [2.45, 2.75) is 19.4 Å². The number of hydrogen-bond acceptors (Lipinski definition) is 5. The van der Waals surface area contributed by atoms with E-state index in [2.05, 4.69) is 57.2 Å². The molecule has 5 heteroatoms. The van der Waals surface area contributed by atoms with Crippen LogP contribution in [0.4, 0.5) is 0 Å². The van der Waals surface area contributed by atoms with Gasteiger partial charge in [0.15, 0.2) is 0 Å². The minimum atomic E-state index is -0.0614. The van der Waals surface area contributed by atoms with E-state index in [0.717, 1.165) is 68.0 Å². The van der Waals surface area contributed by atoms with Gasteiger partial charge in [-0.2, -0.15) is 0 Å². The van der Waals surface area contributed by atoms with Gasteiger partial charge in [0.1, 0.15) is 0 Å². The maximum absolute atomic E-state index is 6.49. The quantitative estimate of drug-likeness (QED) is 0.718. The molecule has 1 unspecified atom stereocenters. The van der Waals surface area contributed by atoms with Gasteiger partial charge in [-0.1, -0.05) is 30.3 Å². The van der Waals surface area contributed by atoms with Gasteiger partial charge >= 0.3 is 0 Å². The van der Waals surface area contributed by atoms with Crippen LogP contribution in [0.2, 0.25) is 0 Å². The molecule has 1 aromatic carbocycles. The molecule has 2 aromatic heterocycles. The molecule has 1 atom stereocenters. The van der Waals surface area contributed by atoms with E-state index in [9.17, 15) is 0 Å². The second-order valence-electron chi connectivity index (χ2n) is 7.68. The van der Waals surface area contributed by atoms with E-state index in [0.29, 0.717) is 0 Å². The molecule has 3 aromatic rings. The van der Waals surface area contributed by atoms with Gasteiger partial charge in [0.2, 0.25) is 0 Å². The van der Waals surface area contributed by atoms with Gasteiger partial charge < -0.3 is 10.6 Å². The van der Waals surface area contributed by atoms with Crippen molar-refractivity contribution in [3.8, 4) is 0 Å². The van der Waals surface area contributed by atoms with Crippen LogP contribution in [0.25, 0.3) is 10.9 Å². The Morgan fingerprint density at radius 3 is 2.50 bits per heavy atom. The summed E-state index contributed by atoms with van der Waals surface area (Å²) < 4.78 is 0. The average Bonchev–Trinajstić information content (AvgIpc) is 2.74. The lowest BCUT2D eigenvalue weighted by molar-refractivity contribution is 0.128. The molecule has 1 saturated heterocycles. The lowest BCUT2D eigenvalue weighted by atomic mass is 10.1. The zero-order valence-corrected chi connectivity index (χ0v) is 16.6. The third-order valence-corrected chi connectivity index (χ3v) is 5.70.